The van der Waals surface area contributed by atoms with Crippen LogP contribution in [0.2, 0.25) is 5.02 Å². The fourth-order valence-electron chi connectivity index (χ4n) is 2.33. The summed E-state index contributed by atoms with van der Waals surface area (Å²) in [5.41, 5.74) is 5.56. The van der Waals surface area contributed by atoms with Crippen molar-refractivity contribution in [2.75, 3.05) is 12.4 Å². The van der Waals surface area contributed by atoms with Gasteiger partial charge in [-0.3, -0.25) is 25.0 Å². The number of nitrogens with one attached hydrogen (secondary N) is 2. The van der Waals surface area contributed by atoms with Crippen LogP contribution in [0.15, 0.2) is 59.8 Å². The molecule has 0 aliphatic carbocycles. The highest BCUT2D eigenvalue weighted by molar-refractivity contribution is 7.99. The van der Waals surface area contributed by atoms with Crippen LogP contribution in [0.5, 0.6) is 5.75 Å². The monoisotopic (exact) mass is 431 g/mol. The number of thioether (sulfide) groups is 1. The average molecular weight is 432 g/mol. The summed E-state index contributed by atoms with van der Waals surface area (Å²) in [5.74, 6) is 0.411. The van der Waals surface area contributed by atoms with Gasteiger partial charge in [0.1, 0.15) is 11.6 Å². The summed E-state index contributed by atoms with van der Waals surface area (Å²) in [6, 6.07) is 16.2. The number of nitrogens with zero attached hydrogens (tertiary/aromatic N) is 3. The van der Waals surface area contributed by atoms with Crippen molar-refractivity contribution in [2.45, 2.75) is 12.1 Å². The van der Waals surface area contributed by atoms with E-state index in [1.54, 1.807) is 24.3 Å². The van der Waals surface area contributed by atoms with Crippen LogP contribution in [-0.2, 0) is 9.59 Å². The smallest absolute Gasteiger partial charge is 0.276 e. The van der Waals surface area contributed by atoms with E-state index < -0.39 is 5.91 Å². The molecular weight excluding hydrogens is 414 g/mol. The fraction of sp³-hybridized carbons (Fsp3) is 0.158. The minimum absolute atomic E-state index is 0.0588. The van der Waals surface area contributed by atoms with Crippen molar-refractivity contribution in [1.29, 1.82) is 0 Å². The number of carbonyl (C=O) groups is 2. The van der Waals surface area contributed by atoms with Crippen LogP contribution in [0.3, 0.4) is 0 Å². The van der Waals surface area contributed by atoms with Gasteiger partial charge in [0.05, 0.1) is 5.75 Å². The van der Waals surface area contributed by atoms with Crippen molar-refractivity contribution in [3.63, 3.8) is 0 Å². The first-order valence-corrected chi connectivity index (χ1v) is 9.95. The van der Waals surface area contributed by atoms with E-state index in [0.29, 0.717) is 21.8 Å². The number of hydrogen-bond acceptors (Lipinski definition) is 6. The van der Waals surface area contributed by atoms with Gasteiger partial charge in [-0.25, -0.2) is 0 Å². The molecule has 0 saturated carbocycles. The zero-order valence-corrected chi connectivity index (χ0v) is 17.0. The first-order valence-electron chi connectivity index (χ1n) is 8.59. The van der Waals surface area contributed by atoms with Crippen LogP contribution in [0.1, 0.15) is 5.82 Å². The molecule has 0 aliphatic heterocycles. The number of halogens is 1. The molecule has 2 amide bonds. The number of aromatic nitrogens is 3. The summed E-state index contributed by atoms with van der Waals surface area (Å²) in [5, 5.41) is 9.34. The SMILES string of the molecule is Cc1nnc(SCC(=O)NNC(=O)COc2ccc(Cl)cc2)n1-c1ccccc1. The average Bonchev–Trinajstić information content (AvgIpc) is 3.11. The quantitative estimate of drug-likeness (QED) is 0.440. The van der Waals surface area contributed by atoms with Crippen molar-refractivity contribution in [3.05, 3.63) is 65.4 Å². The number of ether oxygens (including phenoxy) is 1. The second kappa shape index (κ2) is 9.94. The third kappa shape index (κ3) is 5.97. The molecule has 0 spiro atoms. The normalized spacial score (nSPS) is 10.4. The van der Waals surface area contributed by atoms with Crippen LogP contribution in [0.4, 0.5) is 0 Å². The molecule has 1 heterocycles. The van der Waals surface area contributed by atoms with Crippen LogP contribution >= 0.6 is 23.4 Å². The van der Waals surface area contributed by atoms with Crippen LogP contribution in [-0.4, -0.2) is 38.9 Å². The topological polar surface area (TPSA) is 98.1 Å². The van der Waals surface area contributed by atoms with Gasteiger partial charge in [-0.15, -0.1) is 10.2 Å². The van der Waals surface area contributed by atoms with E-state index >= 15 is 0 Å². The third-order valence-corrected chi connectivity index (χ3v) is 4.85. The number of hydrogen-bond donors (Lipinski definition) is 2. The lowest BCUT2D eigenvalue weighted by molar-refractivity contribution is -0.128. The van der Waals surface area contributed by atoms with E-state index in [2.05, 4.69) is 21.0 Å². The Kier molecular flexibility index (Phi) is 7.09. The molecule has 29 heavy (non-hydrogen) atoms. The highest BCUT2D eigenvalue weighted by Crippen LogP contribution is 2.21. The molecular formula is C19H18ClN5O3S. The fourth-order valence-corrected chi connectivity index (χ4v) is 3.26. The molecule has 0 unspecified atom stereocenters. The van der Waals surface area contributed by atoms with Gasteiger partial charge in [0.25, 0.3) is 5.91 Å². The van der Waals surface area contributed by atoms with Gasteiger partial charge in [-0.05, 0) is 43.3 Å². The number of carbonyl (C=O) groups excluding carboxylic acids is 2. The summed E-state index contributed by atoms with van der Waals surface area (Å²) in [4.78, 5) is 23.8. The maximum Gasteiger partial charge on any atom is 0.276 e. The van der Waals surface area contributed by atoms with Gasteiger partial charge in [0.2, 0.25) is 5.91 Å². The molecule has 1 aromatic heterocycles. The van der Waals surface area contributed by atoms with E-state index in [4.69, 9.17) is 16.3 Å². The van der Waals surface area contributed by atoms with E-state index in [-0.39, 0.29) is 18.3 Å². The maximum absolute atomic E-state index is 12.0. The Morgan fingerprint density at radius 2 is 1.72 bits per heavy atom. The Morgan fingerprint density at radius 3 is 2.45 bits per heavy atom. The van der Waals surface area contributed by atoms with Gasteiger partial charge < -0.3 is 4.74 Å². The van der Waals surface area contributed by atoms with Gasteiger partial charge in [0, 0.05) is 10.7 Å². The number of hydrazine groups is 1. The molecule has 2 N–H and O–H groups in total. The molecule has 3 rings (SSSR count). The lowest BCUT2D eigenvalue weighted by Gasteiger charge is -2.10. The van der Waals surface area contributed by atoms with Crippen molar-refractivity contribution in [1.82, 2.24) is 25.6 Å². The number of para-hydroxylation sites is 1. The summed E-state index contributed by atoms with van der Waals surface area (Å²) in [6.07, 6.45) is 0. The standard InChI is InChI=1S/C19H18ClN5O3S/c1-13-21-24-19(25(13)15-5-3-2-4-6-15)29-12-18(27)23-22-17(26)11-28-16-9-7-14(20)8-10-16/h2-10H,11-12H2,1H3,(H,22,26)(H,23,27). The van der Waals surface area contributed by atoms with Crippen molar-refractivity contribution < 1.29 is 14.3 Å². The summed E-state index contributed by atoms with van der Waals surface area (Å²) >= 11 is 7.00. The maximum atomic E-state index is 12.0. The lowest BCUT2D eigenvalue weighted by Crippen LogP contribution is -2.44. The Labute approximate surface area is 176 Å². The van der Waals surface area contributed by atoms with E-state index in [0.717, 1.165) is 5.69 Å². The van der Waals surface area contributed by atoms with Gasteiger partial charge in [-0.2, -0.15) is 0 Å². The molecule has 0 fully saturated rings. The minimum atomic E-state index is -0.485. The van der Waals surface area contributed by atoms with Gasteiger partial charge in [0.15, 0.2) is 11.8 Å². The number of amides is 2. The van der Waals surface area contributed by atoms with Crippen LogP contribution in [0.25, 0.3) is 5.69 Å². The summed E-state index contributed by atoms with van der Waals surface area (Å²) < 4.78 is 7.16. The highest BCUT2D eigenvalue weighted by Gasteiger charge is 2.13. The lowest BCUT2D eigenvalue weighted by atomic mass is 10.3. The highest BCUT2D eigenvalue weighted by atomic mass is 35.5. The summed E-state index contributed by atoms with van der Waals surface area (Å²) in [7, 11) is 0. The Balaban J connectivity index is 1.45. The molecule has 10 heteroatoms. The number of aryl methyl sites for hydroxylation is 1. The largest absolute Gasteiger partial charge is 0.484 e. The van der Waals surface area contributed by atoms with Gasteiger partial charge >= 0.3 is 0 Å². The molecule has 0 radical (unpaired) electrons. The van der Waals surface area contributed by atoms with Crippen molar-refractivity contribution >= 4 is 35.2 Å². The predicted molar refractivity (Wildman–Crippen MR) is 110 cm³/mol. The second-order valence-electron chi connectivity index (χ2n) is 5.83. The predicted octanol–water partition coefficient (Wildman–Crippen LogP) is 2.55. The zero-order valence-electron chi connectivity index (χ0n) is 15.5. The second-order valence-corrected chi connectivity index (χ2v) is 7.21. The first-order chi connectivity index (χ1) is 14.0. The van der Waals surface area contributed by atoms with E-state index in [9.17, 15) is 9.59 Å². The zero-order chi connectivity index (χ0) is 20.6. The summed E-state index contributed by atoms with van der Waals surface area (Å²) in [6.45, 7) is 1.60. The Hall–Kier alpha value is -3.04. The number of benzene rings is 2. The van der Waals surface area contributed by atoms with Crippen molar-refractivity contribution in [2.24, 2.45) is 0 Å². The molecule has 0 aliphatic rings. The molecule has 0 atom stereocenters. The van der Waals surface area contributed by atoms with Crippen LogP contribution in [0, 0.1) is 6.92 Å². The molecule has 150 valence electrons. The van der Waals surface area contributed by atoms with E-state index in [1.807, 2.05) is 41.8 Å². The van der Waals surface area contributed by atoms with Crippen molar-refractivity contribution in [3.8, 4) is 11.4 Å². The Morgan fingerprint density at radius 1 is 1.03 bits per heavy atom. The molecule has 8 nitrogen and oxygen atoms in total. The molecule has 3 aromatic rings. The molecule has 0 bridgehead atoms. The third-order valence-electron chi connectivity index (χ3n) is 3.67. The van der Waals surface area contributed by atoms with E-state index in [1.165, 1.54) is 11.8 Å². The van der Waals surface area contributed by atoms with Crippen LogP contribution < -0.4 is 15.6 Å². The molecule has 2 aromatic carbocycles. The number of rotatable bonds is 7. The molecule has 0 saturated heterocycles. The first kappa shape index (κ1) is 20.7. The Bertz CT molecular complexity index is 979. The van der Waals surface area contributed by atoms with Gasteiger partial charge in [-0.1, -0.05) is 41.6 Å². The minimum Gasteiger partial charge on any atom is -0.484 e.